The lowest BCUT2D eigenvalue weighted by molar-refractivity contribution is -0.222. The van der Waals surface area contributed by atoms with Crippen LogP contribution in [-0.2, 0) is 23.8 Å². The Morgan fingerprint density at radius 3 is 2.62 bits per heavy atom. The van der Waals surface area contributed by atoms with Crippen molar-refractivity contribution in [2.24, 2.45) is 0 Å². The van der Waals surface area contributed by atoms with E-state index in [1.165, 1.54) is 20.8 Å². The third kappa shape index (κ3) is 3.55. The van der Waals surface area contributed by atoms with Crippen molar-refractivity contribution in [3.63, 3.8) is 0 Å². The third-order valence-corrected chi connectivity index (χ3v) is 2.02. The zero-order valence-electron chi connectivity index (χ0n) is 9.50. The number of aliphatic hydroxyl groups is 1. The summed E-state index contributed by atoms with van der Waals surface area (Å²) in [6.07, 6.45) is -1.72. The number of carbonyl (C=O) groups excluding carboxylic acids is 2. The number of aldehydes is 1. The number of ether oxygens (including phenoxy) is 3. The normalized spacial score (nSPS) is 30.1. The van der Waals surface area contributed by atoms with Crippen molar-refractivity contribution in [1.29, 1.82) is 0 Å². The summed E-state index contributed by atoms with van der Waals surface area (Å²) in [5.74, 6) is -1.89. The molecule has 0 aromatic rings. The van der Waals surface area contributed by atoms with Crippen molar-refractivity contribution in [2.75, 3.05) is 6.61 Å². The first-order valence-electron chi connectivity index (χ1n) is 4.98. The fraction of sp³-hybridized carbons (Fsp3) is 0.800. The van der Waals surface area contributed by atoms with Crippen LogP contribution in [0.2, 0.25) is 0 Å². The van der Waals surface area contributed by atoms with Gasteiger partial charge >= 0.3 is 5.97 Å². The fourth-order valence-electron chi connectivity index (χ4n) is 1.53. The molecule has 0 radical (unpaired) electrons. The van der Waals surface area contributed by atoms with Crippen molar-refractivity contribution in [3.05, 3.63) is 0 Å². The van der Waals surface area contributed by atoms with Crippen molar-refractivity contribution < 1.29 is 28.9 Å². The second kappa shape index (κ2) is 4.90. The first kappa shape index (κ1) is 13.1. The van der Waals surface area contributed by atoms with Crippen LogP contribution in [0.15, 0.2) is 0 Å². The van der Waals surface area contributed by atoms with Gasteiger partial charge in [-0.3, -0.25) is 4.79 Å². The summed E-state index contributed by atoms with van der Waals surface area (Å²) in [5.41, 5.74) is 0. The van der Waals surface area contributed by atoms with E-state index in [2.05, 4.69) is 0 Å². The zero-order chi connectivity index (χ0) is 12.3. The summed E-state index contributed by atoms with van der Waals surface area (Å²) in [6, 6.07) is 0. The maximum Gasteiger partial charge on any atom is 0.303 e. The minimum Gasteiger partial charge on any atom is -0.456 e. The molecule has 0 unspecified atom stereocenters. The number of esters is 1. The molecule has 0 saturated carbocycles. The molecule has 6 heteroatoms. The first-order valence-corrected chi connectivity index (χ1v) is 4.98. The number of rotatable bonds is 4. The topological polar surface area (TPSA) is 82.1 Å². The molecule has 0 aliphatic carbocycles. The van der Waals surface area contributed by atoms with Crippen molar-refractivity contribution in [2.45, 2.75) is 44.9 Å². The molecule has 0 aromatic heterocycles. The lowest BCUT2D eigenvalue weighted by atomic mass is 10.1. The molecule has 1 N–H and O–H groups in total. The molecule has 16 heavy (non-hydrogen) atoms. The van der Waals surface area contributed by atoms with Gasteiger partial charge in [-0.2, -0.15) is 0 Å². The van der Waals surface area contributed by atoms with Gasteiger partial charge in [0.1, 0.15) is 6.10 Å². The molecule has 0 amide bonds. The third-order valence-electron chi connectivity index (χ3n) is 2.02. The standard InChI is InChI=1S/C10H16O6/c1-6(12)15-9-7(4-11)14-5-8(9)16-10(2,3)13/h4,7-9,13H,5H2,1-3H3/t7-,8+,9+/m1/s1. The molecule has 0 spiro atoms. The van der Waals surface area contributed by atoms with Crippen molar-refractivity contribution in [3.8, 4) is 0 Å². The average Bonchev–Trinajstić information content (AvgIpc) is 2.45. The molecule has 1 saturated heterocycles. The van der Waals surface area contributed by atoms with Gasteiger partial charge < -0.3 is 24.1 Å². The van der Waals surface area contributed by atoms with Gasteiger partial charge in [-0.15, -0.1) is 0 Å². The Kier molecular flexibility index (Phi) is 4.01. The maximum absolute atomic E-state index is 10.9. The van der Waals surface area contributed by atoms with E-state index in [1.54, 1.807) is 0 Å². The van der Waals surface area contributed by atoms with E-state index in [0.717, 1.165) is 0 Å². The highest BCUT2D eigenvalue weighted by Gasteiger charge is 2.42. The number of hydrogen-bond acceptors (Lipinski definition) is 6. The summed E-state index contributed by atoms with van der Waals surface area (Å²) in [6.45, 7) is 4.24. The van der Waals surface area contributed by atoms with Crippen LogP contribution in [0.5, 0.6) is 0 Å². The molecular weight excluding hydrogens is 216 g/mol. The van der Waals surface area contributed by atoms with Gasteiger partial charge in [0.2, 0.25) is 0 Å². The number of carbonyl (C=O) groups is 2. The molecular formula is C10H16O6. The molecule has 3 atom stereocenters. The van der Waals surface area contributed by atoms with E-state index in [1.807, 2.05) is 0 Å². The highest BCUT2D eigenvalue weighted by atomic mass is 16.7. The number of hydrogen-bond donors (Lipinski definition) is 1. The van der Waals surface area contributed by atoms with E-state index in [-0.39, 0.29) is 6.61 Å². The maximum atomic E-state index is 10.9. The first-order chi connectivity index (χ1) is 7.33. The van der Waals surface area contributed by atoms with E-state index in [9.17, 15) is 14.7 Å². The molecule has 92 valence electrons. The van der Waals surface area contributed by atoms with E-state index < -0.39 is 30.1 Å². The largest absolute Gasteiger partial charge is 0.456 e. The molecule has 1 fully saturated rings. The van der Waals surface area contributed by atoms with Crippen LogP contribution in [0.1, 0.15) is 20.8 Å². The second-order valence-electron chi connectivity index (χ2n) is 4.11. The lowest BCUT2D eigenvalue weighted by Crippen LogP contribution is -2.41. The summed E-state index contributed by atoms with van der Waals surface area (Å²) < 4.78 is 15.3. The highest BCUT2D eigenvalue weighted by Crippen LogP contribution is 2.23. The minimum absolute atomic E-state index is 0.103. The summed E-state index contributed by atoms with van der Waals surface area (Å²) in [5, 5.41) is 9.48. The van der Waals surface area contributed by atoms with Crippen LogP contribution in [0.4, 0.5) is 0 Å². The van der Waals surface area contributed by atoms with Crippen LogP contribution in [0.25, 0.3) is 0 Å². The Morgan fingerprint density at radius 1 is 1.56 bits per heavy atom. The predicted octanol–water partition coefficient (Wildman–Crippen LogP) is -0.371. The summed E-state index contributed by atoms with van der Waals surface area (Å²) in [4.78, 5) is 21.5. The van der Waals surface area contributed by atoms with Gasteiger partial charge in [0.05, 0.1) is 6.61 Å². The van der Waals surface area contributed by atoms with E-state index in [4.69, 9.17) is 14.2 Å². The van der Waals surface area contributed by atoms with Crippen molar-refractivity contribution >= 4 is 12.3 Å². The van der Waals surface area contributed by atoms with E-state index >= 15 is 0 Å². The van der Waals surface area contributed by atoms with Gasteiger partial charge in [0.25, 0.3) is 0 Å². The molecule has 6 nitrogen and oxygen atoms in total. The summed E-state index contributed by atoms with van der Waals surface area (Å²) >= 11 is 0. The predicted molar refractivity (Wildman–Crippen MR) is 52.5 cm³/mol. The zero-order valence-corrected chi connectivity index (χ0v) is 9.50. The van der Waals surface area contributed by atoms with Crippen LogP contribution in [0.3, 0.4) is 0 Å². The molecule has 1 heterocycles. The molecule has 1 aliphatic rings. The Bertz CT molecular complexity index is 269. The Labute approximate surface area is 93.5 Å². The van der Waals surface area contributed by atoms with Crippen LogP contribution in [-0.4, -0.2) is 48.1 Å². The Morgan fingerprint density at radius 2 is 2.19 bits per heavy atom. The quantitative estimate of drug-likeness (QED) is 0.404. The highest BCUT2D eigenvalue weighted by molar-refractivity contribution is 5.67. The summed E-state index contributed by atoms with van der Waals surface area (Å²) in [7, 11) is 0. The van der Waals surface area contributed by atoms with Crippen molar-refractivity contribution in [1.82, 2.24) is 0 Å². The van der Waals surface area contributed by atoms with Crippen LogP contribution in [0, 0.1) is 0 Å². The van der Waals surface area contributed by atoms with Gasteiger partial charge in [0.15, 0.2) is 24.3 Å². The van der Waals surface area contributed by atoms with Crippen LogP contribution >= 0.6 is 0 Å². The van der Waals surface area contributed by atoms with Gasteiger partial charge in [-0.25, -0.2) is 0 Å². The Balaban J connectivity index is 2.69. The molecule has 0 bridgehead atoms. The van der Waals surface area contributed by atoms with Crippen LogP contribution < -0.4 is 0 Å². The fourth-order valence-corrected chi connectivity index (χ4v) is 1.53. The van der Waals surface area contributed by atoms with Gasteiger partial charge in [-0.05, 0) is 13.8 Å². The molecule has 0 aromatic carbocycles. The minimum atomic E-state index is -1.37. The SMILES string of the molecule is CC(=O)O[C@@H]1[C@@H](OC(C)(C)O)CO[C@@H]1C=O. The smallest absolute Gasteiger partial charge is 0.303 e. The van der Waals surface area contributed by atoms with E-state index in [0.29, 0.717) is 6.29 Å². The monoisotopic (exact) mass is 232 g/mol. The lowest BCUT2D eigenvalue weighted by Gasteiger charge is -2.26. The average molecular weight is 232 g/mol. The van der Waals surface area contributed by atoms with Gasteiger partial charge in [-0.1, -0.05) is 0 Å². The molecule has 1 aliphatic heterocycles. The Hall–Kier alpha value is -0.980. The second-order valence-corrected chi connectivity index (χ2v) is 4.11. The molecule has 1 rings (SSSR count). The van der Waals surface area contributed by atoms with Gasteiger partial charge in [0, 0.05) is 6.92 Å².